The summed E-state index contributed by atoms with van der Waals surface area (Å²) >= 11 is 0. The Labute approximate surface area is 240 Å². The van der Waals surface area contributed by atoms with Crippen LogP contribution in [0.4, 0.5) is 14.5 Å². The first kappa shape index (κ1) is 30.7. The zero-order chi connectivity index (χ0) is 30.3. The molecule has 2 N–H and O–H groups in total. The lowest BCUT2D eigenvalue weighted by atomic mass is 9.89. The van der Waals surface area contributed by atoms with E-state index in [0.717, 1.165) is 31.0 Å². The first-order chi connectivity index (χ1) is 19.1. The van der Waals surface area contributed by atoms with Crippen molar-refractivity contribution in [3.8, 4) is 11.1 Å². The molecule has 0 aliphatic heterocycles. The summed E-state index contributed by atoms with van der Waals surface area (Å²) in [5.41, 5.74) is 0.242. The van der Waals surface area contributed by atoms with Crippen molar-refractivity contribution in [3.63, 3.8) is 0 Å². The van der Waals surface area contributed by atoms with Crippen molar-refractivity contribution in [2.45, 2.75) is 51.3 Å². The highest BCUT2D eigenvalue weighted by molar-refractivity contribution is 7.92. The second-order valence-electron chi connectivity index (χ2n) is 11.1. The molecule has 0 spiro atoms. The fourth-order valence-electron chi connectivity index (χ4n) is 4.32. The lowest BCUT2D eigenvalue weighted by Gasteiger charge is -2.27. The van der Waals surface area contributed by atoms with Crippen molar-refractivity contribution < 1.29 is 26.2 Å². The molecular formula is C29H33F2N3O5S2. The fourth-order valence-corrected chi connectivity index (χ4v) is 5.86. The number of nitrogens with one attached hydrogen (secondary N) is 2. The molecule has 1 heterocycles. The summed E-state index contributed by atoms with van der Waals surface area (Å²) in [6.45, 7) is 6.85. The van der Waals surface area contributed by atoms with Gasteiger partial charge in [0.15, 0.2) is 5.78 Å². The zero-order valence-corrected chi connectivity index (χ0v) is 25.1. The molecule has 0 saturated heterocycles. The number of pyridine rings is 1. The number of carbonyl (C=O) groups excluding carboxylic acids is 1. The van der Waals surface area contributed by atoms with E-state index in [-0.39, 0.29) is 39.6 Å². The van der Waals surface area contributed by atoms with Gasteiger partial charge in [-0.1, -0.05) is 0 Å². The third-order valence-electron chi connectivity index (χ3n) is 6.87. The van der Waals surface area contributed by atoms with E-state index in [2.05, 4.69) is 9.44 Å². The number of ketones is 1. The SMILES string of the molecule is CCS(=O)(=O)Nc1cc(-c2cn(C)c(=O)cc2[C@@H](N[S@@](=O)C(C)(C)C)C2CC2)c(C(=O)c2ccc(F)cc2)cc1F. The van der Waals surface area contributed by atoms with Crippen LogP contribution in [-0.4, -0.2) is 33.5 Å². The number of sulfonamides is 1. The molecule has 0 radical (unpaired) electrons. The maximum Gasteiger partial charge on any atom is 0.250 e. The van der Waals surface area contributed by atoms with Gasteiger partial charge in [0, 0.05) is 42.0 Å². The highest BCUT2D eigenvalue weighted by atomic mass is 32.2. The maximum atomic E-state index is 15.3. The van der Waals surface area contributed by atoms with Gasteiger partial charge in [0.2, 0.25) is 10.0 Å². The molecule has 2 atom stereocenters. The van der Waals surface area contributed by atoms with Gasteiger partial charge in [0.05, 0.1) is 27.2 Å². The lowest BCUT2D eigenvalue weighted by molar-refractivity contribution is 0.103. The van der Waals surface area contributed by atoms with Gasteiger partial charge in [-0.15, -0.1) is 0 Å². The van der Waals surface area contributed by atoms with Gasteiger partial charge in [0.25, 0.3) is 5.56 Å². The number of aromatic nitrogens is 1. The maximum absolute atomic E-state index is 15.3. The molecule has 41 heavy (non-hydrogen) atoms. The normalized spacial score (nSPS) is 15.4. The third kappa shape index (κ3) is 6.99. The Balaban J connectivity index is 1.99. The first-order valence-electron chi connectivity index (χ1n) is 13.1. The van der Waals surface area contributed by atoms with Crippen molar-refractivity contribution >= 4 is 32.5 Å². The quantitative estimate of drug-likeness (QED) is 0.322. The van der Waals surface area contributed by atoms with Crippen molar-refractivity contribution in [2.24, 2.45) is 13.0 Å². The number of hydrogen-bond acceptors (Lipinski definition) is 5. The summed E-state index contributed by atoms with van der Waals surface area (Å²) in [4.78, 5) is 26.6. The van der Waals surface area contributed by atoms with E-state index in [1.54, 1.807) is 0 Å². The van der Waals surface area contributed by atoms with E-state index < -0.39 is 49.2 Å². The molecule has 1 aromatic heterocycles. The summed E-state index contributed by atoms with van der Waals surface area (Å²) in [5, 5.41) is 0. The predicted octanol–water partition coefficient (Wildman–Crippen LogP) is 4.83. The highest BCUT2D eigenvalue weighted by Gasteiger charge is 2.37. The molecule has 0 unspecified atom stereocenters. The second kappa shape index (κ2) is 11.6. The molecule has 1 saturated carbocycles. The number of anilines is 1. The monoisotopic (exact) mass is 605 g/mol. The van der Waals surface area contributed by atoms with Crippen LogP contribution in [0.2, 0.25) is 0 Å². The van der Waals surface area contributed by atoms with Gasteiger partial charge in [-0.3, -0.25) is 14.3 Å². The number of carbonyl (C=O) groups is 1. The largest absolute Gasteiger partial charge is 0.318 e. The molecule has 220 valence electrons. The smallest absolute Gasteiger partial charge is 0.250 e. The minimum atomic E-state index is -3.89. The predicted molar refractivity (Wildman–Crippen MR) is 156 cm³/mol. The van der Waals surface area contributed by atoms with Crippen LogP contribution in [0.5, 0.6) is 0 Å². The van der Waals surface area contributed by atoms with Gasteiger partial charge in [-0.05, 0) is 94.0 Å². The topological polar surface area (TPSA) is 114 Å². The molecule has 1 aliphatic carbocycles. The van der Waals surface area contributed by atoms with Crippen molar-refractivity contribution in [2.75, 3.05) is 10.5 Å². The Morgan fingerprint density at radius 1 is 1.10 bits per heavy atom. The van der Waals surface area contributed by atoms with Crippen LogP contribution in [0, 0.1) is 17.6 Å². The average molecular weight is 606 g/mol. The van der Waals surface area contributed by atoms with E-state index in [9.17, 15) is 26.6 Å². The Morgan fingerprint density at radius 3 is 2.29 bits per heavy atom. The van der Waals surface area contributed by atoms with Crippen molar-refractivity contribution in [1.82, 2.24) is 9.29 Å². The Bertz CT molecular complexity index is 1680. The van der Waals surface area contributed by atoms with E-state index in [4.69, 9.17) is 0 Å². The number of aryl methyl sites for hydroxylation is 1. The van der Waals surface area contributed by atoms with E-state index in [0.29, 0.717) is 11.1 Å². The van der Waals surface area contributed by atoms with E-state index in [1.807, 2.05) is 20.8 Å². The minimum Gasteiger partial charge on any atom is -0.318 e. The molecule has 0 amide bonds. The van der Waals surface area contributed by atoms with Crippen LogP contribution in [-0.2, 0) is 28.1 Å². The Morgan fingerprint density at radius 2 is 1.73 bits per heavy atom. The third-order valence-corrected chi connectivity index (χ3v) is 9.74. The van der Waals surface area contributed by atoms with Crippen LogP contribution in [0.1, 0.15) is 68.1 Å². The highest BCUT2D eigenvalue weighted by Crippen LogP contribution is 2.45. The number of rotatable bonds is 10. The summed E-state index contributed by atoms with van der Waals surface area (Å²) in [6, 6.07) is 7.80. The fraction of sp³-hybridized carbons (Fsp3) is 0.379. The first-order valence-corrected chi connectivity index (χ1v) is 15.9. The summed E-state index contributed by atoms with van der Waals surface area (Å²) < 4.78 is 72.9. The van der Waals surface area contributed by atoms with Gasteiger partial charge in [-0.25, -0.2) is 26.1 Å². The zero-order valence-electron chi connectivity index (χ0n) is 23.5. The molecule has 1 fully saturated rings. The summed E-state index contributed by atoms with van der Waals surface area (Å²) in [5.74, 6) is -2.41. The molecule has 4 rings (SSSR count). The van der Waals surface area contributed by atoms with Crippen molar-refractivity contribution in [3.05, 3.63) is 87.3 Å². The average Bonchev–Trinajstić information content (AvgIpc) is 3.74. The minimum absolute atomic E-state index is 0.0573. The Kier molecular flexibility index (Phi) is 8.68. The molecule has 3 aromatic rings. The van der Waals surface area contributed by atoms with Crippen LogP contribution < -0.4 is 15.0 Å². The number of hydrogen-bond donors (Lipinski definition) is 2. The van der Waals surface area contributed by atoms with Crippen molar-refractivity contribution in [1.29, 1.82) is 0 Å². The number of nitrogens with zero attached hydrogens (tertiary/aromatic N) is 1. The van der Waals surface area contributed by atoms with Gasteiger partial charge < -0.3 is 4.57 Å². The van der Waals surface area contributed by atoms with E-state index >= 15 is 4.39 Å². The standard InChI is InChI=1S/C29H33F2N3O5S2/c1-6-41(38,39)33-25-14-20(22(13-24(25)31)28(36)18-9-11-19(30)12-10-18)23-16-34(5)26(35)15-21(23)27(17-7-8-17)32-40(37)29(2,3)4/h9-17,27,32-33H,6-8H2,1-5H3/t27-,40-/m0/s1. The molecule has 0 bridgehead atoms. The Hall–Kier alpha value is -3.22. The van der Waals surface area contributed by atoms with E-state index in [1.165, 1.54) is 49.0 Å². The number of benzene rings is 2. The van der Waals surface area contributed by atoms with Gasteiger partial charge >= 0.3 is 0 Å². The molecule has 8 nitrogen and oxygen atoms in total. The summed E-state index contributed by atoms with van der Waals surface area (Å²) in [7, 11) is -3.87. The van der Waals surface area contributed by atoms with Crippen LogP contribution >= 0.6 is 0 Å². The number of halogens is 2. The van der Waals surface area contributed by atoms with Crippen LogP contribution in [0.15, 0.2) is 53.5 Å². The van der Waals surface area contributed by atoms with Gasteiger partial charge in [-0.2, -0.15) is 0 Å². The lowest BCUT2D eigenvalue weighted by Crippen LogP contribution is -2.37. The van der Waals surface area contributed by atoms with Crippen LogP contribution in [0.3, 0.4) is 0 Å². The summed E-state index contributed by atoms with van der Waals surface area (Å²) in [6.07, 6.45) is 3.14. The molecular weight excluding hydrogens is 572 g/mol. The molecule has 2 aromatic carbocycles. The molecule has 1 aliphatic rings. The molecule has 12 heteroatoms. The van der Waals surface area contributed by atoms with Crippen LogP contribution in [0.25, 0.3) is 11.1 Å². The second-order valence-corrected chi connectivity index (χ2v) is 15.1. The van der Waals surface area contributed by atoms with Gasteiger partial charge in [0.1, 0.15) is 11.6 Å².